The molecule has 1 aromatic rings. The highest BCUT2D eigenvalue weighted by Gasteiger charge is 2.28. The number of nitrogens with two attached hydrogens (primary N) is 1. The van der Waals surface area contributed by atoms with Crippen molar-refractivity contribution in [3.05, 3.63) is 35.4 Å². The van der Waals surface area contributed by atoms with Gasteiger partial charge in [0, 0.05) is 11.6 Å². The summed E-state index contributed by atoms with van der Waals surface area (Å²) in [6.45, 7) is 4.70. The van der Waals surface area contributed by atoms with E-state index in [1.807, 2.05) is 0 Å². The second-order valence-electron chi connectivity index (χ2n) is 4.49. The lowest BCUT2D eigenvalue weighted by molar-refractivity contribution is -0.123. The number of carbonyl (C=O) groups excluding carboxylic acids is 1. The summed E-state index contributed by atoms with van der Waals surface area (Å²) in [6.07, 6.45) is 0. The van der Waals surface area contributed by atoms with E-state index in [1.54, 1.807) is 20.8 Å². The fourth-order valence-corrected chi connectivity index (χ4v) is 1.61. The standard InChI is InChI=1S/C12H16F2N2O/c1-7(16-12(2,3)11(15)17)10-8(13)5-4-6-9(10)14/h4-7,16H,1-3H3,(H2,15,17). The third-order valence-electron chi connectivity index (χ3n) is 2.63. The van der Waals surface area contributed by atoms with Crippen LogP contribution in [0.4, 0.5) is 8.78 Å². The Morgan fingerprint density at radius 1 is 1.35 bits per heavy atom. The molecule has 0 radical (unpaired) electrons. The molecule has 0 aromatic heterocycles. The molecular formula is C12H16F2N2O. The van der Waals surface area contributed by atoms with Gasteiger partial charge in [-0.2, -0.15) is 0 Å². The Balaban J connectivity index is 2.98. The molecule has 0 heterocycles. The minimum Gasteiger partial charge on any atom is -0.368 e. The second kappa shape index (κ2) is 4.79. The van der Waals surface area contributed by atoms with Crippen LogP contribution in [-0.4, -0.2) is 11.4 Å². The van der Waals surface area contributed by atoms with Gasteiger partial charge in [0.2, 0.25) is 5.91 Å². The van der Waals surface area contributed by atoms with Gasteiger partial charge in [0.15, 0.2) is 0 Å². The largest absolute Gasteiger partial charge is 0.368 e. The van der Waals surface area contributed by atoms with E-state index in [0.29, 0.717) is 0 Å². The predicted octanol–water partition coefficient (Wildman–Crippen LogP) is 1.88. The summed E-state index contributed by atoms with van der Waals surface area (Å²) >= 11 is 0. The number of primary amides is 1. The number of nitrogens with one attached hydrogen (secondary N) is 1. The lowest BCUT2D eigenvalue weighted by atomic mass is 10.00. The smallest absolute Gasteiger partial charge is 0.237 e. The molecule has 1 amide bonds. The van der Waals surface area contributed by atoms with Crippen LogP contribution < -0.4 is 11.1 Å². The van der Waals surface area contributed by atoms with Gasteiger partial charge in [-0.15, -0.1) is 0 Å². The number of hydrogen-bond donors (Lipinski definition) is 2. The average Bonchev–Trinajstić information content (AvgIpc) is 2.15. The summed E-state index contributed by atoms with van der Waals surface area (Å²) in [7, 11) is 0. The van der Waals surface area contributed by atoms with Gasteiger partial charge < -0.3 is 5.73 Å². The highest BCUT2D eigenvalue weighted by atomic mass is 19.1. The van der Waals surface area contributed by atoms with Gasteiger partial charge in [-0.05, 0) is 32.9 Å². The van der Waals surface area contributed by atoms with Crippen molar-refractivity contribution in [1.82, 2.24) is 5.32 Å². The second-order valence-corrected chi connectivity index (χ2v) is 4.49. The van der Waals surface area contributed by atoms with Crippen molar-refractivity contribution in [2.75, 3.05) is 0 Å². The van der Waals surface area contributed by atoms with Crippen LogP contribution in [0.2, 0.25) is 0 Å². The zero-order chi connectivity index (χ0) is 13.2. The van der Waals surface area contributed by atoms with Crippen LogP contribution in [0.1, 0.15) is 32.4 Å². The van der Waals surface area contributed by atoms with Crippen LogP contribution in [-0.2, 0) is 4.79 Å². The van der Waals surface area contributed by atoms with Gasteiger partial charge in [0.05, 0.1) is 5.54 Å². The van der Waals surface area contributed by atoms with Gasteiger partial charge in [-0.3, -0.25) is 10.1 Å². The normalized spacial score (nSPS) is 13.5. The van der Waals surface area contributed by atoms with E-state index >= 15 is 0 Å². The molecule has 0 aliphatic carbocycles. The fraction of sp³-hybridized carbons (Fsp3) is 0.417. The molecule has 3 nitrogen and oxygen atoms in total. The Bertz CT molecular complexity index is 412. The van der Waals surface area contributed by atoms with Crippen LogP contribution in [0.5, 0.6) is 0 Å². The van der Waals surface area contributed by atoms with E-state index in [0.717, 1.165) is 0 Å². The highest BCUT2D eigenvalue weighted by molar-refractivity contribution is 5.83. The monoisotopic (exact) mass is 242 g/mol. The third kappa shape index (κ3) is 3.00. The summed E-state index contributed by atoms with van der Waals surface area (Å²) in [4.78, 5) is 11.1. The first-order valence-electron chi connectivity index (χ1n) is 5.27. The van der Waals surface area contributed by atoms with Crippen molar-refractivity contribution in [2.24, 2.45) is 5.73 Å². The van der Waals surface area contributed by atoms with Crippen molar-refractivity contribution >= 4 is 5.91 Å². The first kappa shape index (κ1) is 13.6. The molecule has 3 N–H and O–H groups in total. The van der Waals surface area contributed by atoms with Gasteiger partial charge in [0.25, 0.3) is 0 Å². The van der Waals surface area contributed by atoms with Gasteiger partial charge in [0.1, 0.15) is 11.6 Å². The lowest BCUT2D eigenvalue weighted by Gasteiger charge is -2.27. The van der Waals surface area contributed by atoms with Crippen molar-refractivity contribution in [1.29, 1.82) is 0 Å². The molecule has 1 atom stereocenters. The highest BCUT2D eigenvalue weighted by Crippen LogP contribution is 2.22. The summed E-state index contributed by atoms with van der Waals surface area (Å²) in [5.41, 5.74) is 4.05. The van der Waals surface area contributed by atoms with E-state index in [4.69, 9.17) is 5.73 Å². The summed E-state index contributed by atoms with van der Waals surface area (Å²) in [5.74, 6) is -1.88. The van der Waals surface area contributed by atoms with E-state index < -0.39 is 29.1 Å². The lowest BCUT2D eigenvalue weighted by Crippen LogP contribution is -2.51. The van der Waals surface area contributed by atoms with E-state index in [-0.39, 0.29) is 5.56 Å². The molecule has 1 rings (SSSR count). The van der Waals surface area contributed by atoms with E-state index in [2.05, 4.69) is 5.32 Å². The molecule has 5 heteroatoms. The molecule has 0 spiro atoms. The van der Waals surface area contributed by atoms with Crippen molar-refractivity contribution < 1.29 is 13.6 Å². The average molecular weight is 242 g/mol. The molecule has 0 bridgehead atoms. The van der Waals surface area contributed by atoms with Crippen LogP contribution >= 0.6 is 0 Å². The van der Waals surface area contributed by atoms with Crippen molar-refractivity contribution in [3.63, 3.8) is 0 Å². The summed E-state index contributed by atoms with van der Waals surface area (Å²) < 4.78 is 27.0. The molecule has 0 saturated carbocycles. The molecule has 0 fully saturated rings. The first-order valence-corrected chi connectivity index (χ1v) is 5.27. The topological polar surface area (TPSA) is 55.1 Å². The molecule has 0 aliphatic rings. The number of rotatable bonds is 4. The molecule has 94 valence electrons. The maximum Gasteiger partial charge on any atom is 0.237 e. The molecule has 17 heavy (non-hydrogen) atoms. The molecular weight excluding hydrogens is 226 g/mol. The van der Waals surface area contributed by atoms with Gasteiger partial charge in [-0.1, -0.05) is 6.07 Å². The molecule has 1 aromatic carbocycles. The van der Waals surface area contributed by atoms with Crippen LogP contribution in [0.15, 0.2) is 18.2 Å². The minimum atomic E-state index is -1.03. The van der Waals surface area contributed by atoms with Crippen molar-refractivity contribution in [3.8, 4) is 0 Å². The Hall–Kier alpha value is -1.49. The third-order valence-corrected chi connectivity index (χ3v) is 2.63. The number of carbonyl (C=O) groups is 1. The zero-order valence-corrected chi connectivity index (χ0v) is 10.1. The fourth-order valence-electron chi connectivity index (χ4n) is 1.61. The number of halogens is 2. The number of benzene rings is 1. The van der Waals surface area contributed by atoms with Crippen LogP contribution in [0.25, 0.3) is 0 Å². The maximum absolute atomic E-state index is 13.5. The first-order chi connectivity index (χ1) is 7.75. The molecule has 0 saturated heterocycles. The van der Waals surface area contributed by atoms with Crippen LogP contribution in [0, 0.1) is 11.6 Å². The Labute approximate surface area is 99.0 Å². The zero-order valence-electron chi connectivity index (χ0n) is 10.1. The maximum atomic E-state index is 13.5. The van der Waals surface area contributed by atoms with Crippen LogP contribution in [0.3, 0.4) is 0 Å². The van der Waals surface area contributed by atoms with Crippen molar-refractivity contribution in [2.45, 2.75) is 32.4 Å². The van der Waals surface area contributed by atoms with Gasteiger partial charge >= 0.3 is 0 Å². The minimum absolute atomic E-state index is 0.0955. The Morgan fingerprint density at radius 2 is 1.82 bits per heavy atom. The quantitative estimate of drug-likeness (QED) is 0.847. The summed E-state index contributed by atoms with van der Waals surface area (Å²) in [6, 6.07) is 2.99. The number of hydrogen-bond acceptors (Lipinski definition) is 2. The Morgan fingerprint density at radius 3 is 2.24 bits per heavy atom. The summed E-state index contributed by atoms with van der Waals surface area (Å²) in [5, 5.41) is 2.80. The van der Waals surface area contributed by atoms with Gasteiger partial charge in [-0.25, -0.2) is 8.78 Å². The Kier molecular flexibility index (Phi) is 3.83. The van der Waals surface area contributed by atoms with E-state index in [9.17, 15) is 13.6 Å². The van der Waals surface area contributed by atoms with E-state index in [1.165, 1.54) is 18.2 Å². The molecule has 0 aliphatic heterocycles. The number of amides is 1. The molecule has 1 unspecified atom stereocenters. The predicted molar refractivity (Wildman–Crippen MR) is 61.2 cm³/mol. The SMILES string of the molecule is CC(NC(C)(C)C(N)=O)c1c(F)cccc1F.